The number of piperidine rings is 1. The Morgan fingerprint density at radius 1 is 0.984 bits per heavy atom. The van der Waals surface area contributed by atoms with Gasteiger partial charge in [-0.25, -0.2) is 9.67 Å². The van der Waals surface area contributed by atoms with E-state index < -0.39 is 40.8 Å². The van der Waals surface area contributed by atoms with E-state index in [4.69, 9.17) is 24.3 Å². The molecule has 2 unspecified atom stereocenters. The standard InChI is InChI=1S/C48H66N6O8/c1-7-32-26-48(32,46(58)59)27-40(55)39-23-35(28-53(39)45(57)37(47(4,5)6)24-44(56)62-34-20-30-19-31(30)21-34)61-41-25-43(54-16-13-42(51-54)49-29(2)3)50-38-22-33(11-12-36(38)41)60-18-17-52-14-9-8-10-15-52/h11-13,16,22,25,29-32,34-35,37,39H,7-10,14-15,17-21,23-24,26-28H2,1-6H3,(H,49,51)(H,58,59)/t30-,31?,32+,34?,35+,37+,39-,48+/m0/s1. The van der Waals surface area contributed by atoms with Crippen molar-refractivity contribution < 1.29 is 38.5 Å². The van der Waals surface area contributed by atoms with Crippen LogP contribution in [-0.2, 0) is 23.9 Å². The number of carboxylic acids is 1. The maximum atomic E-state index is 14.9. The number of carboxylic acid groups (broad SMARTS) is 1. The van der Waals surface area contributed by atoms with Crippen LogP contribution in [0.4, 0.5) is 5.82 Å². The van der Waals surface area contributed by atoms with E-state index >= 15 is 0 Å². The van der Waals surface area contributed by atoms with Crippen LogP contribution in [0, 0.1) is 34.5 Å². The van der Waals surface area contributed by atoms with Gasteiger partial charge in [-0.2, -0.15) is 0 Å². The van der Waals surface area contributed by atoms with Crippen molar-refractivity contribution in [1.29, 1.82) is 0 Å². The molecule has 2 aliphatic heterocycles. The molecule has 8 atom stereocenters. The highest BCUT2D eigenvalue weighted by molar-refractivity contribution is 5.95. The molecule has 5 fully saturated rings. The fourth-order valence-corrected chi connectivity index (χ4v) is 10.4. The number of nitrogens with one attached hydrogen (secondary N) is 1. The van der Waals surface area contributed by atoms with Crippen LogP contribution in [0.2, 0.25) is 0 Å². The summed E-state index contributed by atoms with van der Waals surface area (Å²) in [5.41, 5.74) is -1.14. The first-order valence-corrected chi connectivity index (χ1v) is 23.2. The molecule has 3 aromatic rings. The van der Waals surface area contributed by atoms with Crippen molar-refractivity contribution in [3.63, 3.8) is 0 Å². The quantitative estimate of drug-likeness (QED) is 0.123. The number of anilines is 1. The summed E-state index contributed by atoms with van der Waals surface area (Å²) in [7, 11) is 0. The van der Waals surface area contributed by atoms with Crippen LogP contribution < -0.4 is 14.8 Å². The molecule has 336 valence electrons. The number of esters is 1. The molecule has 5 aliphatic rings. The highest BCUT2D eigenvalue weighted by Gasteiger charge is 2.61. The summed E-state index contributed by atoms with van der Waals surface area (Å²) in [5, 5.41) is 19.1. The van der Waals surface area contributed by atoms with Crippen LogP contribution in [0.25, 0.3) is 16.7 Å². The summed E-state index contributed by atoms with van der Waals surface area (Å²) in [6.07, 6.45) is 8.76. The Labute approximate surface area is 365 Å². The Morgan fingerprint density at radius 2 is 1.74 bits per heavy atom. The highest BCUT2D eigenvalue weighted by Crippen LogP contribution is 2.58. The van der Waals surface area contributed by atoms with Gasteiger partial charge in [-0.1, -0.05) is 40.5 Å². The molecule has 0 spiro atoms. The summed E-state index contributed by atoms with van der Waals surface area (Å²) >= 11 is 0. The smallest absolute Gasteiger partial charge is 0.310 e. The number of likely N-dealkylation sites (tertiary alicyclic amines) is 2. The number of Topliss-reactive ketones (excluding diaryl/α,β-unsaturated/α-hetero) is 1. The second kappa shape index (κ2) is 17.8. The molecule has 1 aromatic carbocycles. The minimum atomic E-state index is -1.13. The van der Waals surface area contributed by atoms with Gasteiger partial charge in [0, 0.05) is 55.2 Å². The molecule has 0 bridgehead atoms. The predicted octanol–water partition coefficient (Wildman–Crippen LogP) is 7.31. The van der Waals surface area contributed by atoms with Gasteiger partial charge in [-0.05, 0) is 101 Å². The molecule has 3 aliphatic carbocycles. The van der Waals surface area contributed by atoms with E-state index in [2.05, 4.69) is 10.2 Å². The van der Waals surface area contributed by atoms with E-state index in [1.165, 1.54) is 25.7 Å². The number of aromatic nitrogens is 3. The number of hydrogen-bond donors (Lipinski definition) is 2. The first-order valence-electron chi connectivity index (χ1n) is 23.2. The predicted molar refractivity (Wildman–Crippen MR) is 234 cm³/mol. The van der Waals surface area contributed by atoms with Gasteiger partial charge < -0.3 is 29.5 Å². The Bertz CT molecular complexity index is 2130. The van der Waals surface area contributed by atoms with Gasteiger partial charge in [0.2, 0.25) is 5.91 Å². The molecule has 2 N–H and O–H groups in total. The van der Waals surface area contributed by atoms with Gasteiger partial charge in [-0.15, -0.1) is 5.10 Å². The fraction of sp³-hybridized carbons (Fsp3) is 0.667. The Kier molecular flexibility index (Phi) is 12.6. The molecular weight excluding hydrogens is 789 g/mol. The molecule has 62 heavy (non-hydrogen) atoms. The van der Waals surface area contributed by atoms with Crippen molar-refractivity contribution in [3.05, 3.63) is 36.5 Å². The number of aliphatic carboxylic acids is 1. The van der Waals surface area contributed by atoms with E-state index in [0.29, 0.717) is 59.9 Å². The second-order valence-corrected chi connectivity index (χ2v) is 20.2. The zero-order chi connectivity index (χ0) is 43.9. The number of benzene rings is 1. The molecule has 1 amide bonds. The molecule has 8 rings (SSSR count). The number of rotatable bonds is 18. The van der Waals surface area contributed by atoms with Crippen LogP contribution in [0.1, 0.15) is 112 Å². The third-order valence-electron chi connectivity index (χ3n) is 14.2. The highest BCUT2D eigenvalue weighted by atomic mass is 16.5. The Balaban J connectivity index is 1.07. The molecular formula is C48H66N6O8. The van der Waals surface area contributed by atoms with Crippen LogP contribution in [-0.4, -0.2) is 110 Å². The van der Waals surface area contributed by atoms with E-state index in [0.717, 1.165) is 37.9 Å². The first-order chi connectivity index (χ1) is 29.6. The van der Waals surface area contributed by atoms with E-state index in [1.54, 1.807) is 9.58 Å². The lowest BCUT2D eigenvalue weighted by molar-refractivity contribution is -0.157. The van der Waals surface area contributed by atoms with Crippen molar-refractivity contribution in [2.45, 2.75) is 136 Å². The van der Waals surface area contributed by atoms with Crippen LogP contribution in [0.3, 0.4) is 0 Å². The van der Waals surface area contributed by atoms with E-state index in [1.807, 2.05) is 78.1 Å². The van der Waals surface area contributed by atoms with Crippen molar-refractivity contribution >= 4 is 40.3 Å². The zero-order valence-corrected chi connectivity index (χ0v) is 37.4. The third kappa shape index (κ3) is 9.75. The lowest BCUT2D eigenvalue weighted by atomic mass is 9.77. The molecule has 0 radical (unpaired) electrons. The number of ketones is 1. The summed E-state index contributed by atoms with van der Waals surface area (Å²) in [5.74, 6) is 0.830. The average Bonchev–Trinajstić information content (AvgIpc) is 3.89. The molecule has 14 nitrogen and oxygen atoms in total. The van der Waals surface area contributed by atoms with E-state index in [-0.39, 0.29) is 55.6 Å². The van der Waals surface area contributed by atoms with Crippen molar-refractivity contribution in [1.82, 2.24) is 24.6 Å². The largest absolute Gasteiger partial charge is 0.492 e. The lowest BCUT2D eigenvalue weighted by Gasteiger charge is -2.35. The van der Waals surface area contributed by atoms with Crippen molar-refractivity contribution in [2.24, 2.45) is 34.5 Å². The van der Waals surface area contributed by atoms with Gasteiger partial charge in [0.15, 0.2) is 11.6 Å². The first kappa shape index (κ1) is 43.9. The fourth-order valence-electron chi connectivity index (χ4n) is 10.4. The summed E-state index contributed by atoms with van der Waals surface area (Å²) in [6, 6.07) is 8.70. The van der Waals surface area contributed by atoms with Gasteiger partial charge in [0.05, 0.1) is 35.9 Å². The third-order valence-corrected chi connectivity index (χ3v) is 14.2. The number of carbonyl (C=O) groups excluding carboxylic acids is 3. The van der Waals surface area contributed by atoms with Crippen molar-refractivity contribution in [2.75, 3.05) is 38.1 Å². The lowest BCUT2D eigenvalue weighted by Crippen LogP contribution is -2.48. The summed E-state index contributed by atoms with van der Waals surface area (Å²) in [6.45, 7) is 15.5. The SMILES string of the molecule is CC[C@@H]1C[C@]1(CC(=O)[C@@H]1C[C@@H](Oc2cc(-n3ccc(NC(C)C)n3)nc3cc(OCCN4CCCCC4)ccc23)CN1C(=O)[C@@H](CC(=O)OC1CC2C[C@H]2C1)C(C)(C)C)C(=O)O. The van der Waals surface area contributed by atoms with Crippen LogP contribution in [0.5, 0.6) is 11.5 Å². The number of nitrogens with zero attached hydrogens (tertiary/aromatic N) is 5. The number of pyridine rings is 1. The zero-order valence-electron chi connectivity index (χ0n) is 37.4. The monoisotopic (exact) mass is 854 g/mol. The van der Waals surface area contributed by atoms with Crippen molar-refractivity contribution in [3.8, 4) is 17.3 Å². The minimum Gasteiger partial charge on any atom is -0.492 e. The Hall–Kier alpha value is -4.72. The maximum Gasteiger partial charge on any atom is 0.310 e. The van der Waals surface area contributed by atoms with Gasteiger partial charge >= 0.3 is 11.9 Å². The van der Waals surface area contributed by atoms with Gasteiger partial charge in [0.1, 0.15) is 36.1 Å². The molecule has 2 saturated heterocycles. The number of fused-ring (bicyclic) bond motifs is 2. The van der Waals surface area contributed by atoms with Crippen LogP contribution >= 0.6 is 0 Å². The molecule has 14 heteroatoms. The van der Waals surface area contributed by atoms with Gasteiger partial charge in [0.25, 0.3) is 0 Å². The summed E-state index contributed by atoms with van der Waals surface area (Å²) < 4.78 is 20.7. The topological polar surface area (TPSA) is 165 Å². The second-order valence-electron chi connectivity index (χ2n) is 20.2. The normalized spacial score (nSPS) is 27.5. The number of hydrogen-bond acceptors (Lipinski definition) is 11. The maximum absolute atomic E-state index is 14.9. The van der Waals surface area contributed by atoms with Gasteiger partial charge in [-0.3, -0.25) is 24.1 Å². The minimum absolute atomic E-state index is 0.0845. The summed E-state index contributed by atoms with van der Waals surface area (Å²) in [4.78, 5) is 64.4. The van der Waals surface area contributed by atoms with Crippen LogP contribution in [0.15, 0.2) is 36.5 Å². The van der Waals surface area contributed by atoms with E-state index in [9.17, 15) is 24.3 Å². The molecule has 4 heterocycles. The number of ether oxygens (including phenoxy) is 3. The average molecular weight is 855 g/mol. The molecule has 3 saturated carbocycles. The molecule has 2 aromatic heterocycles. The Morgan fingerprint density at radius 3 is 2.42 bits per heavy atom. The number of carbonyl (C=O) groups is 4. The number of amides is 1.